The van der Waals surface area contributed by atoms with Crippen molar-refractivity contribution in [2.24, 2.45) is 17.0 Å². The molecule has 0 spiro atoms. The van der Waals surface area contributed by atoms with Gasteiger partial charge in [0.15, 0.2) is 6.10 Å². The lowest BCUT2D eigenvalue weighted by molar-refractivity contribution is -0.139. The highest BCUT2D eigenvalue weighted by atomic mass is 16.7. The molecule has 3 rings (SSSR count). The number of ether oxygens (including phenoxy) is 1. The molecule has 2 heterocycles. The van der Waals surface area contributed by atoms with Crippen LogP contribution in [0.5, 0.6) is 0 Å². The lowest BCUT2D eigenvalue weighted by Crippen LogP contribution is -2.30. The van der Waals surface area contributed by atoms with Crippen LogP contribution in [0, 0.1) is 11.8 Å². The molecule has 0 amide bonds. The van der Waals surface area contributed by atoms with Crippen molar-refractivity contribution in [1.29, 1.82) is 0 Å². The Morgan fingerprint density at radius 3 is 2.80 bits per heavy atom. The highest BCUT2D eigenvalue weighted by Crippen LogP contribution is 2.35. The number of fused-ring (bicyclic) bond motifs is 1. The smallest absolute Gasteiger partial charge is 0.319 e. The molecule has 0 aromatic carbocycles. The summed E-state index contributed by atoms with van der Waals surface area (Å²) >= 11 is 0. The molecule has 1 saturated heterocycles. The molecule has 0 unspecified atom stereocenters. The van der Waals surface area contributed by atoms with Crippen molar-refractivity contribution < 1.29 is 14.4 Å². The van der Waals surface area contributed by atoms with E-state index in [4.69, 9.17) is 9.57 Å². The molecule has 4 nitrogen and oxygen atoms in total. The monoisotopic (exact) mass is 209 g/mol. The van der Waals surface area contributed by atoms with Gasteiger partial charge in [-0.3, -0.25) is 4.79 Å². The molecule has 2 atom stereocenters. The Labute approximate surface area is 88.6 Å². The third kappa shape index (κ3) is 1.43. The zero-order chi connectivity index (χ0) is 10.3. The van der Waals surface area contributed by atoms with Crippen LogP contribution < -0.4 is 0 Å². The number of hydrogen-bond acceptors (Lipinski definition) is 4. The van der Waals surface area contributed by atoms with Gasteiger partial charge in [0.25, 0.3) is 0 Å². The van der Waals surface area contributed by atoms with Crippen molar-refractivity contribution in [3.05, 3.63) is 0 Å². The zero-order valence-electron chi connectivity index (χ0n) is 8.65. The number of carbonyl (C=O) groups excluding carboxylic acids is 1. The number of cyclic esters (lactones) is 1. The first-order valence-corrected chi connectivity index (χ1v) is 5.76. The number of oxime groups is 1. The van der Waals surface area contributed by atoms with Crippen LogP contribution in [-0.2, 0) is 14.4 Å². The Bertz CT molecular complexity index is 307. The van der Waals surface area contributed by atoms with Crippen LogP contribution in [0.15, 0.2) is 5.16 Å². The molecule has 82 valence electrons. The topological polar surface area (TPSA) is 47.9 Å². The van der Waals surface area contributed by atoms with Gasteiger partial charge < -0.3 is 9.57 Å². The Hall–Kier alpha value is -1.06. The van der Waals surface area contributed by atoms with Gasteiger partial charge in [0.05, 0.1) is 5.71 Å². The minimum absolute atomic E-state index is 0.130. The molecule has 2 fully saturated rings. The Morgan fingerprint density at radius 1 is 1.20 bits per heavy atom. The van der Waals surface area contributed by atoms with Gasteiger partial charge in [-0.15, -0.1) is 0 Å². The maximum absolute atomic E-state index is 11.5. The average Bonchev–Trinajstić information content (AvgIpc) is 2.84. The van der Waals surface area contributed by atoms with E-state index in [9.17, 15) is 4.79 Å². The number of rotatable bonds is 1. The van der Waals surface area contributed by atoms with Gasteiger partial charge in [-0.25, -0.2) is 0 Å². The highest BCUT2D eigenvalue weighted by molar-refractivity contribution is 6.05. The van der Waals surface area contributed by atoms with Crippen molar-refractivity contribution in [3.63, 3.8) is 0 Å². The van der Waals surface area contributed by atoms with Gasteiger partial charge in [0.1, 0.15) is 12.5 Å². The molecule has 2 aliphatic heterocycles. The maximum atomic E-state index is 11.5. The molecular formula is C11H15NO3. The van der Waals surface area contributed by atoms with Gasteiger partial charge in [-0.05, 0) is 12.8 Å². The molecule has 0 aromatic rings. The second-order valence-electron chi connectivity index (χ2n) is 4.60. The van der Waals surface area contributed by atoms with E-state index in [0.29, 0.717) is 12.5 Å². The summed E-state index contributed by atoms with van der Waals surface area (Å²) in [6.45, 7) is 0.378. The third-order valence-electron chi connectivity index (χ3n) is 3.65. The van der Waals surface area contributed by atoms with Crippen molar-refractivity contribution in [3.8, 4) is 0 Å². The fraction of sp³-hybridized carbons (Fsp3) is 0.818. The Kier molecular flexibility index (Phi) is 2.15. The molecule has 1 aliphatic carbocycles. The average molecular weight is 209 g/mol. The Morgan fingerprint density at radius 2 is 2.00 bits per heavy atom. The summed E-state index contributed by atoms with van der Waals surface area (Å²) < 4.78 is 5.00. The lowest BCUT2D eigenvalue weighted by atomic mass is 9.80. The normalized spacial score (nSPS) is 35.7. The summed E-state index contributed by atoms with van der Waals surface area (Å²) in [5.74, 6) is 0.134. The molecule has 0 aromatic heterocycles. The molecule has 0 bridgehead atoms. The molecule has 0 radical (unpaired) electrons. The molecule has 0 N–H and O–H groups in total. The first-order chi connectivity index (χ1) is 7.36. The summed E-state index contributed by atoms with van der Waals surface area (Å²) in [6.07, 6.45) is 5.97. The standard InChI is InChI=1S/C11H15NO3/c13-11-9-8(6-14-11)15-12-10(9)7-4-2-1-3-5-7/h7-9H,1-6H2/t8-,9+/m1/s1. The fourth-order valence-corrected chi connectivity index (χ4v) is 2.82. The Balaban J connectivity index is 1.78. The molecule has 3 aliphatic rings. The van der Waals surface area contributed by atoms with Crippen LogP contribution in [-0.4, -0.2) is 24.4 Å². The third-order valence-corrected chi connectivity index (χ3v) is 3.65. The molecule has 1 saturated carbocycles. The number of nitrogens with zero attached hydrogens (tertiary/aromatic N) is 1. The van der Waals surface area contributed by atoms with Crippen molar-refractivity contribution in [2.45, 2.75) is 38.2 Å². The van der Waals surface area contributed by atoms with Gasteiger partial charge in [-0.1, -0.05) is 24.4 Å². The van der Waals surface area contributed by atoms with Gasteiger partial charge >= 0.3 is 5.97 Å². The summed E-state index contributed by atoms with van der Waals surface area (Å²) in [7, 11) is 0. The minimum Gasteiger partial charge on any atom is -0.461 e. The van der Waals surface area contributed by atoms with Crippen LogP contribution in [0.25, 0.3) is 0 Å². The maximum Gasteiger partial charge on any atom is 0.319 e. The van der Waals surface area contributed by atoms with E-state index in [2.05, 4.69) is 5.16 Å². The summed E-state index contributed by atoms with van der Waals surface area (Å²) in [5, 5.41) is 4.11. The van der Waals surface area contributed by atoms with E-state index < -0.39 is 0 Å². The van der Waals surface area contributed by atoms with Gasteiger partial charge in [0.2, 0.25) is 0 Å². The van der Waals surface area contributed by atoms with Crippen molar-refractivity contribution in [1.82, 2.24) is 0 Å². The second-order valence-corrected chi connectivity index (χ2v) is 4.60. The number of esters is 1. The van der Waals surface area contributed by atoms with Crippen LogP contribution in [0.3, 0.4) is 0 Å². The molecule has 4 heteroatoms. The van der Waals surface area contributed by atoms with Crippen LogP contribution in [0.1, 0.15) is 32.1 Å². The zero-order valence-corrected chi connectivity index (χ0v) is 8.65. The number of hydrogen-bond donors (Lipinski definition) is 0. The van der Waals surface area contributed by atoms with Gasteiger partial charge in [-0.2, -0.15) is 0 Å². The summed E-state index contributed by atoms with van der Waals surface area (Å²) in [4.78, 5) is 16.8. The summed E-state index contributed by atoms with van der Waals surface area (Å²) in [6, 6.07) is 0. The predicted octanol–water partition coefficient (Wildman–Crippen LogP) is 1.49. The second kappa shape index (κ2) is 3.51. The van der Waals surface area contributed by atoms with E-state index in [1.165, 1.54) is 19.3 Å². The first-order valence-electron chi connectivity index (χ1n) is 5.76. The fourth-order valence-electron chi connectivity index (χ4n) is 2.82. The van der Waals surface area contributed by atoms with Crippen LogP contribution in [0.4, 0.5) is 0 Å². The lowest BCUT2D eigenvalue weighted by Gasteiger charge is -2.22. The largest absolute Gasteiger partial charge is 0.461 e. The minimum atomic E-state index is -0.187. The van der Waals surface area contributed by atoms with E-state index in [1.807, 2.05) is 0 Å². The van der Waals surface area contributed by atoms with Crippen molar-refractivity contribution in [2.75, 3.05) is 6.61 Å². The summed E-state index contributed by atoms with van der Waals surface area (Å²) in [5.41, 5.74) is 0.960. The number of carbonyl (C=O) groups is 1. The van der Waals surface area contributed by atoms with E-state index in [0.717, 1.165) is 18.6 Å². The van der Waals surface area contributed by atoms with Crippen LogP contribution in [0.2, 0.25) is 0 Å². The van der Waals surface area contributed by atoms with E-state index in [-0.39, 0.29) is 18.0 Å². The predicted molar refractivity (Wildman–Crippen MR) is 53.3 cm³/mol. The first kappa shape index (κ1) is 9.19. The highest BCUT2D eigenvalue weighted by Gasteiger charge is 2.48. The SMILES string of the molecule is O=C1OC[C@H]2ON=C(C3CCCCC3)[C@@H]12. The van der Waals surface area contributed by atoms with Crippen LogP contribution >= 0.6 is 0 Å². The van der Waals surface area contributed by atoms with E-state index in [1.54, 1.807) is 0 Å². The molecule has 15 heavy (non-hydrogen) atoms. The molecular weight excluding hydrogens is 194 g/mol. The van der Waals surface area contributed by atoms with Gasteiger partial charge in [0, 0.05) is 5.92 Å². The quantitative estimate of drug-likeness (QED) is 0.615. The van der Waals surface area contributed by atoms with Crippen molar-refractivity contribution >= 4 is 11.7 Å². The van der Waals surface area contributed by atoms with E-state index >= 15 is 0 Å².